The zero-order valence-electron chi connectivity index (χ0n) is 32.2. The van der Waals surface area contributed by atoms with Gasteiger partial charge in [-0.15, -0.1) is 0 Å². The summed E-state index contributed by atoms with van der Waals surface area (Å²) in [6.07, 6.45) is -0.697. The van der Waals surface area contributed by atoms with Crippen molar-refractivity contribution in [3.63, 3.8) is 0 Å². The Kier molecular flexibility index (Phi) is 8.83. The van der Waals surface area contributed by atoms with Gasteiger partial charge in [-0.25, -0.2) is 20.0 Å². The number of fused-ring (bicyclic) bond motifs is 2. The van der Waals surface area contributed by atoms with E-state index in [4.69, 9.17) is 24.7 Å². The third kappa shape index (κ3) is 6.66. The van der Waals surface area contributed by atoms with Crippen LogP contribution in [0.3, 0.4) is 0 Å². The number of nitrogens with zero attached hydrogens (tertiary/aromatic N) is 4. The Labute approximate surface area is 338 Å². The van der Waals surface area contributed by atoms with Crippen LogP contribution in [0.25, 0.3) is 11.1 Å². The lowest BCUT2D eigenvalue weighted by Gasteiger charge is -2.34. The molecule has 280 valence electrons. The minimum Gasteiger partial charge on any atom is -0.457 e. The van der Waals surface area contributed by atoms with Gasteiger partial charge in [-0.3, -0.25) is 0 Å². The fourth-order valence-corrected chi connectivity index (χ4v) is 7.94. The average Bonchev–Trinajstić information content (AvgIpc) is 3.29. The Hall–Kier alpha value is -7.38. The Morgan fingerprint density at radius 1 is 0.414 bits per heavy atom. The van der Waals surface area contributed by atoms with E-state index in [1.807, 2.05) is 84.9 Å². The van der Waals surface area contributed by atoms with Crippen LogP contribution in [0.2, 0.25) is 0 Å². The molecule has 0 aliphatic carbocycles. The van der Waals surface area contributed by atoms with E-state index >= 15 is 0 Å². The Bertz CT molecular complexity index is 2780. The predicted octanol–water partition coefficient (Wildman–Crippen LogP) is 10.8. The van der Waals surface area contributed by atoms with Crippen molar-refractivity contribution >= 4 is 23.3 Å². The van der Waals surface area contributed by atoms with Crippen molar-refractivity contribution in [3.05, 3.63) is 226 Å². The summed E-state index contributed by atoms with van der Waals surface area (Å²) in [7, 11) is 0. The van der Waals surface area contributed by atoms with E-state index in [9.17, 15) is 0 Å². The molecule has 0 fully saturated rings. The number of benzene rings is 7. The molecule has 2 atom stereocenters. The van der Waals surface area contributed by atoms with Crippen LogP contribution in [0, 0.1) is 0 Å². The maximum absolute atomic E-state index is 6.61. The number of amidine groups is 4. The van der Waals surface area contributed by atoms with Crippen LogP contribution in [0.5, 0.6) is 11.5 Å². The third-order valence-electron chi connectivity index (χ3n) is 11.0. The first-order valence-electron chi connectivity index (χ1n) is 19.6. The summed E-state index contributed by atoms with van der Waals surface area (Å²) in [6, 6.07) is 62.3. The fraction of sp³-hybridized carbons (Fsp3) is 0.0980. The molecule has 0 amide bonds. The topological polar surface area (TPSA) is 82.7 Å². The van der Waals surface area contributed by atoms with Crippen molar-refractivity contribution < 1.29 is 4.74 Å². The summed E-state index contributed by atoms with van der Waals surface area (Å²) < 4.78 is 6.61. The van der Waals surface area contributed by atoms with Gasteiger partial charge in [0, 0.05) is 38.8 Å². The van der Waals surface area contributed by atoms with Crippen molar-refractivity contribution in [1.29, 1.82) is 0 Å². The average molecular weight is 753 g/mol. The van der Waals surface area contributed by atoms with Crippen LogP contribution >= 0.6 is 0 Å². The van der Waals surface area contributed by atoms with Gasteiger partial charge in [0.15, 0.2) is 11.7 Å². The van der Waals surface area contributed by atoms with Crippen molar-refractivity contribution in [1.82, 2.24) is 10.6 Å². The highest BCUT2D eigenvalue weighted by Crippen LogP contribution is 2.48. The minimum absolute atomic E-state index is 0.227. The monoisotopic (exact) mass is 752 g/mol. The number of hydrogen-bond acceptors (Lipinski definition) is 7. The molecule has 58 heavy (non-hydrogen) atoms. The molecule has 2 N–H and O–H groups in total. The number of nitrogens with one attached hydrogen (secondary N) is 2. The molecular formula is C51H40N6O. The van der Waals surface area contributed by atoms with Gasteiger partial charge in [0.25, 0.3) is 0 Å². The molecule has 0 saturated heterocycles. The maximum Gasteiger partial charge on any atom is 0.159 e. The van der Waals surface area contributed by atoms with Crippen molar-refractivity contribution in [2.24, 2.45) is 20.0 Å². The summed E-state index contributed by atoms with van der Waals surface area (Å²) in [5.74, 6) is 4.46. The standard InChI is InChI=1S/C51H40N6O/c1-51(2)41-25-15-16-26-43(41)58-44-32-37(27-28-42(44)51)38-29-39(49-54-45(33-17-7-3-8-18-33)52-46(55-49)34-19-9-4-10-20-34)31-40(30-38)50-56-47(35-21-11-5-12-22-35)53-48(57-50)36-23-13-6-14-24-36/h3-32,45,47H,1-2H3,(H,52,54,55)(H,53,56,57). The molecule has 7 nitrogen and oxygen atoms in total. The molecule has 7 heteroatoms. The van der Waals surface area contributed by atoms with Gasteiger partial charge in [-0.1, -0.05) is 166 Å². The first-order valence-corrected chi connectivity index (χ1v) is 19.6. The highest BCUT2D eigenvalue weighted by Gasteiger charge is 2.34. The summed E-state index contributed by atoms with van der Waals surface area (Å²) in [5.41, 5.74) is 9.83. The lowest BCUT2D eigenvalue weighted by molar-refractivity contribution is 0.418. The number of aliphatic imine (C=N–C) groups is 4. The molecule has 2 unspecified atom stereocenters. The Balaban J connectivity index is 1.15. The molecule has 0 aromatic heterocycles. The summed E-state index contributed by atoms with van der Waals surface area (Å²) in [4.78, 5) is 20.8. The SMILES string of the molecule is CC1(C)c2ccccc2Oc2cc(-c3cc(C4=NC(c5ccccc5)NC(c5ccccc5)=N4)cc(C4=NC(c5ccccc5)=NC(c5ccccc5)N4)c3)ccc21. The van der Waals surface area contributed by atoms with Crippen molar-refractivity contribution in [2.45, 2.75) is 31.6 Å². The van der Waals surface area contributed by atoms with Crippen LogP contribution in [-0.4, -0.2) is 23.3 Å². The molecule has 7 aromatic rings. The first kappa shape index (κ1) is 35.1. The summed E-state index contributed by atoms with van der Waals surface area (Å²) in [5, 5.41) is 7.29. The van der Waals surface area contributed by atoms with Gasteiger partial charge in [-0.05, 0) is 52.6 Å². The normalized spacial score (nSPS) is 17.8. The van der Waals surface area contributed by atoms with Crippen LogP contribution in [0.1, 0.15) is 70.7 Å². The molecule has 3 aliphatic heterocycles. The van der Waals surface area contributed by atoms with E-state index in [2.05, 4.69) is 122 Å². The third-order valence-corrected chi connectivity index (χ3v) is 11.0. The van der Waals surface area contributed by atoms with Gasteiger partial charge < -0.3 is 15.4 Å². The molecule has 10 rings (SSSR count). The predicted molar refractivity (Wildman–Crippen MR) is 234 cm³/mol. The molecule has 0 radical (unpaired) electrons. The second kappa shape index (κ2) is 14.6. The van der Waals surface area contributed by atoms with Crippen LogP contribution in [0.15, 0.2) is 202 Å². The number of hydrogen-bond donors (Lipinski definition) is 2. The molecular weight excluding hydrogens is 713 g/mol. The summed E-state index contributed by atoms with van der Waals surface area (Å²) >= 11 is 0. The Morgan fingerprint density at radius 3 is 1.53 bits per heavy atom. The lowest BCUT2D eigenvalue weighted by atomic mass is 9.75. The number of ether oxygens (including phenoxy) is 1. The molecule has 7 aromatic carbocycles. The fourth-order valence-electron chi connectivity index (χ4n) is 7.94. The van der Waals surface area contributed by atoms with Gasteiger partial charge in [0.05, 0.1) is 0 Å². The highest BCUT2D eigenvalue weighted by molar-refractivity contribution is 6.16. The second-order valence-corrected chi connectivity index (χ2v) is 15.2. The smallest absolute Gasteiger partial charge is 0.159 e. The number of rotatable bonds is 7. The Morgan fingerprint density at radius 2 is 0.897 bits per heavy atom. The van der Waals surface area contributed by atoms with E-state index in [0.29, 0.717) is 17.5 Å². The lowest BCUT2D eigenvalue weighted by Crippen LogP contribution is -2.34. The zero-order chi connectivity index (χ0) is 39.1. The van der Waals surface area contributed by atoms with Crippen molar-refractivity contribution in [2.75, 3.05) is 0 Å². The number of para-hydroxylation sites is 1. The first-order chi connectivity index (χ1) is 28.5. The van der Waals surface area contributed by atoms with Gasteiger partial charge in [-0.2, -0.15) is 0 Å². The quantitative estimate of drug-likeness (QED) is 0.170. The molecule has 0 spiro atoms. The van der Waals surface area contributed by atoms with Crippen LogP contribution in [-0.2, 0) is 5.41 Å². The zero-order valence-corrected chi connectivity index (χ0v) is 32.2. The molecule has 0 saturated carbocycles. The van der Waals surface area contributed by atoms with Gasteiger partial charge >= 0.3 is 0 Å². The van der Waals surface area contributed by atoms with E-state index in [-0.39, 0.29) is 17.7 Å². The van der Waals surface area contributed by atoms with Crippen LogP contribution < -0.4 is 15.4 Å². The second-order valence-electron chi connectivity index (χ2n) is 15.2. The molecule has 3 heterocycles. The molecule has 3 aliphatic rings. The maximum atomic E-state index is 6.61. The largest absolute Gasteiger partial charge is 0.457 e. The minimum atomic E-state index is -0.350. The highest BCUT2D eigenvalue weighted by atomic mass is 16.5. The summed E-state index contributed by atoms with van der Waals surface area (Å²) in [6.45, 7) is 4.52. The van der Waals surface area contributed by atoms with E-state index in [0.717, 1.165) is 67.4 Å². The molecule has 0 bridgehead atoms. The van der Waals surface area contributed by atoms with Crippen LogP contribution in [0.4, 0.5) is 0 Å². The van der Waals surface area contributed by atoms with E-state index in [1.165, 1.54) is 5.56 Å². The van der Waals surface area contributed by atoms with Crippen molar-refractivity contribution in [3.8, 4) is 22.6 Å². The van der Waals surface area contributed by atoms with E-state index in [1.54, 1.807) is 0 Å². The van der Waals surface area contributed by atoms with E-state index < -0.39 is 0 Å². The van der Waals surface area contributed by atoms with Gasteiger partial charge in [0.1, 0.15) is 35.5 Å². The van der Waals surface area contributed by atoms with Gasteiger partial charge in [0.2, 0.25) is 0 Å².